The van der Waals surface area contributed by atoms with Crippen molar-refractivity contribution < 1.29 is 14.3 Å². The lowest BCUT2D eigenvalue weighted by molar-refractivity contribution is -0.141. The molecular formula is C13H20O3. The Morgan fingerprint density at radius 2 is 2.38 bits per heavy atom. The monoisotopic (exact) mass is 224 g/mol. The molecule has 3 nitrogen and oxygen atoms in total. The van der Waals surface area contributed by atoms with Gasteiger partial charge in [-0.25, -0.2) is 0 Å². The Kier molecular flexibility index (Phi) is 4.27. The molecule has 3 heteroatoms. The van der Waals surface area contributed by atoms with Crippen molar-refractivity contribution in [3.63, 3.8) is 0 Å². The first-order chi connectivity index (χ1) is 7.54. The molecule has 0 aromatic rings. The Balaban J connectivity index is 2.70. The normalized spacial score (nSPS) is 29.4. The van der Waals surface area contributed by atoms with Crippen molar-refractivity contribution in [2.45, 2.75) is 39.5 Å². The van der Waals surface area contributed by atoms with Crippen molar-refractivity contribution in [3.05, 3.63) is 11.6 Å². The number of hydrogen-bond acceptors (Lipinski definition) is 3. The predicted molar refractivity (Wildman–Crippen MR) is 61.9 cm³/mol. The summed E-state index contributed by atoms with van der Waals surface area (Å²) < 4.78 is 4.62. The minimum atomic E-state index is -0.367. The van der Waals surface area contributed by atoms with Crippen LogP contribution in [0, 0.1) is 11.3 Å². The van der Waals surface area contributed by atoms with Gasteiger partial charge in [-0.3, -0.25) is 4.79 Å². The van der Waals surface area contributed by atoms with Crippen LogP contribution in [0.1, 0.15) is 39.5 Å². The molecule has 2 atom stereocenters. The van der Waals surface area contributed by atoms with Gasteiger partial charge in [-0.15, -0.1) is 0 Å². The number of allylic oxidation sites excluding steroid dienone is 2. The van der Waals surface area contributed by atoms with Crippen molar-refractivity contribution in [3.8, 4) is 0 Å². The molecule has 0 amide bonds. The Bertz CT molecular complexity index is 306. The number of carbonyl (C=O) groups excluding carboxylic acids is 2. The predicted octanol–water partition coefficient (Wildman–Crippen LogP) is 2.50. The molecule has 0 N–H and O–H groups in total. The SMILES string of the molecule is COC(=O)CC[C@@]1(C=O)CC=C(C)C[C@H]1C. The number of aldehydes is 1. The average molecular weight is 224 g/mol. The van der Waals surface area contributed by atoms with Crippen molar-refractivity contribution in [2.24, 2.45) is 11.3 Å². The van der Waals surface area contributed by atoms with E-state index in [1.54, 1.807) is 0 Å². The molecule has 0 heterocycles. The van der Waals surface area contributed by atoms with Crippen molar-refractivity contribution in [1.82, 2.24) is 0 Å². The van der Waals surface area contributed by atoms with E-state index in [1.807, 2.05) is 0 Å². The van der Waals surface area contributed by atoms with E-state index in [0.717, 1.165) is 19.1 Å². The Hall–Kier alpha value is -1.12. The lowest BCUT2D eigenvalue weighted by Gasteiger charge is -2.37. The highest BCUT2D eigenvalue weighted by Gasteiger charge is 2.37. The minimum Gasteiger partial charge on any atom is -0.469 e. The molecule has 90 valence electrons. The fourth-order valence-electron chi connectivity index (χ4n) is 2.34. The Labute approximate surface area is 96.9 Å². The van der Waals surface area contributed by atoms with Gasteiger partial charge in [0.2, 0.25) is 0 Å². The zero-order valence-corrected chi connectivity index (χ0v) is 10.3. The van der Waals surface area contributed by atoms with Gasteiger partial charge in [-0.05, 0) is 32.1 Å². The van der Waals surface area contributed by atoms with Crippen LogP contribution in [0.5, 0.6) is 0 Å². The Morgan fingerprint density at radius 3 is 2.88 bits per heavy atom. The van der Waals surface area contributed by atoms with Gasteiger partial charge in [0, 0.05) is 11.8 Å². The molecule has 0 aromatic carbocycles. The van der Waals surface area contributed by atoms with Crippen LogP contribution in [0.3, 0.4) is 0 Å². The van der Waals surface area contributed by atoms with Gasteiger partial charge >= 0.3 is 5.97 Å². The number of esters is 1. The second-order valence-corrected chi connectivity index (χ2v) is 4.79. The average Bonchev–Trinajstić information content (AvgIpc) is 2.28. The van der Waals surface area contributed by atoms with E-state index in [0.29, 0.717) is 18.8 Å². The first-order valence-electron chi connectivity index (χ1n) is 5.73. The zero-order valence-electron chi connectivity index (χ0n) is 10.3. The fourth-order valence-corrected chi connectivity index (χ4v) is 2.34. The third kappa shape index (κ3) is 2.71. The number of carbonyl (C=O) groups is 2. The summed E-state index contributed by atoms with van der Waals surface area (Å²) >= 11 is 0. The molecular weight excluding hydrogens is 204 g/mol. The maximum absolute atomic E-state index is 11.3. The van der Waals surface area contributed by atoms with E-state index >= 15 is 0 Å². The smallest absolute Gasteiger partial charge is 0.305 e. The van der Waals surface area contributed by atoms with Gasteiger partial charge in [-0.2, -0.15) is 0 Å². The summed E-state index contributed by atoms with van der Waals surface area (Å²) in [5.74, 6) is 0.0688. The summed E-state index contributed by atoms with van der Waals surface area (Å²) in [6, 6.07) is 0. The second kappa shape index (κ2) is 5.28. The van der Waals surface area contributed by atoms with Gasteiger partial charge < -0.3 is 9.53 Å². The molecule has 0 fully saturated rings. The lowest BCUT2D eigenvalue weighted by Crippen LogP contribution is -2.33. The summed E-state index contributed by atoms with van der Waals surface area (Å²) in [7, 11) is 1.38. The van der Waals surface area contributed by atoms with Gasteiger partial charge in [0.1, 0.15) is 6.29 Å². The molecule has 0 saturated carbocycles. The molecule has 1 aliphatic rings. The summed E-state index contributed by atoms with van der Waals surface area (Å²) in [5.41, 5.74) is 0.969. The fraction of sp³-hybridized carbons (Fsp3) is 0.692. The second-order valence-electron chi connectivity index (χ2n) is 4.79. The van der Waals surface area contributed by atoms with E-state index in [4.69, 9.17) is 0 Å². The number of ether oxygens (including phenoxy) is 1. The number of rotatable bonds is 4. The first kappa shape index (κ1) is 12.9. The zero-order chi connectivity index (χ0) is 12.2. The van der Waals surface area contributed by atoms with Crippen LogP contribution >= 0.6 is 0 Å². The third-order valence-electron chi connectivity index (χ3n) is 3.70. The first-order valence-corrected chi connectivity index (χ1v) is 5.73. The molecule has 16 heavy (non-hydrogen) atoms. The number of methoxy groups -OCH3 is 1. The van der Waals surface area contributed by atoms with Gasteiger partial charge in [0.05, 0.1) is 7.11 Å². The van der Waals surface area contributed by atoms with Crippen molar-refractivity contribution >= 4 is 12.3 Å². The quantitative estimate of drug-likeness (QED) is 0.418. The minimum absolute atomic E-state index is 0.236. The summed E-state index contributed by atoms with van der Waals surface area (Å²) in [5, 5.41) is 0. The van der Waals surface area contributed by atoms with Gasteiger partial charge in [0.15, 0.2) is 0 Å². The molecule has 0 radical (unpaired) electrons. The third-order valence-corrected chi connectivity index (χ3v) is 3.70. The van der Waals surface area contributed by atoms with E-state index in [9.17, 15) is 9.59 Å². The van der Waals surface area contributed by atoms with Crippen molar-refractivity contribution in [2.75, 3.05) is 7.11 Å². The van der Waals surface area contributed by atoms with E-state index in [-0.39, 0.29) is 11.4 Å². The molecule has 0 saturated heterocycles. The number of hydrogen-bond donors (Lipinski definition) is 0. The Morgan fingerprint density at radius 1 is 1.69 bits per heavy atom. The van der Waals surface area contributed by atoms with Crippen LogP contribution in [0.2, 0.25) is 0 Å². The van der Waals surface area contributed by atoms with E-state index in [2.05, 4.69) is 24.7 Å². The van der Waals surface area contributed by atoms with Crippen LogP contribution in [-0.4, -0.2) is 19.4 Å². The molecule has 1 aliphatic carbocycles. The van der Waals surface area contributed by atoms with Crippen LogP contribution in [0.25, 0.3) is 0 Å². The highest BCUT2D eigenvalue weighted by molar-refractivity contribution is 5.70. The maximum Gasteiger partial charge on any atom is 0.305 e. The van der Waals surface area contributed by atoms with Crippen LogP contribution in [0.15, 0.2) is 11.6 Å². The van der Waals surface area contributed by atoms with E-state index in [1.165, 1.54) is 12.7 Å². The summed E-state index contributed by atoms with van der Waals surface area (Å²) in [6.07, 6.45) is 5.76. The van der Waals surface area contributed by atoms with Gasteiger partial charge in [0.25, 0.3) is 0 Å². The van der Waals surface area contributed by atoms with Crippen LogP contribution in [0.4, 0.5) is 0 Å². The van der Waals surface area contributed by atoms with Gasteiger partial charge in [-0.1, -0.05) is 18.6 Å². The van der Waals surface area contributed by atoms with Crippen molar-refractivity contribution in [1.29, 1.82) is 0 Å². The van der Waals surface area contributed by atoms with Crippen LogP contribution < -0.4 is 0 Å². The lowest BCUT2D eigenvalue weighted by atomic mass is 9.66. The standard InChI is InChI=1S/C13H20O3/c1-10-4-6-13(9-14,11(2)8-10)7-5-12(15)16-3/h4,9,11H,5-8H2,1-3H3/t11-,13-/m1/s1. The van der Waals surface area contributed by atoms with E-state index < -0.39 is 0 Å². The topological polar surface area (TPSA) is 43.4 Å². The van der Waals surface area contributed by atoms with Crippen LogP contribution in [-0.2, 0) is 14.3 Å². The molecule has 0 aliphatic heterocycles. The largest absolute Gasteiger partial charge is 0.469 e. The molecule has 0 aromatic heterocycles. The summed E-state index contributed by atoms with van der Waals surface area (Å²) in [6.45, 7) is 4.17. The molecule has 0 unspecified atom stereocenters. The maximum atomic E-state index is 11.3. The highest BCUT2D eigenvalue weighted by Crippen LogP contribution is 2.42. The molecule has 0 bridgehead atoms. The molecule has 0 spiro atoms. The summed E-state index contributed by atoms with van der Waals surface area (Å²) in [4.78, 5) is 22.4. The molecule has 1 rings (SSSR count). The highest BCUT2D eigenvalue weighted by atomic mass is 16.5.